The second kappa shape index (κ2) is 10.3. The minimum atomic E-state index is 0.0364. The lowest BCUT2D eigenvalue weighted by atomic mass is 10.1. The number of urea groups is 1. The van der Waals surface area contributed by atoms with Crippen LogP contribution in [0.2, 0.25) is 0 Å². The second-order valence-electron chi connectivity index (χ2n) is 6.27. The molecule has 0 heterocycles. The largest absolute Gasteiger partial charge is 0.336 e. The van der Waals surface area contributed by atoms with Crippen LogP contribution in [0, 0.1) is 5.92 Å². The number of likely N-dealkylation sites (N-methyl/N-ethyl adjacent to an activating group) is 1. The van der Waals surface area contributed by atoms with E-state index in [-0.39, 0.29) is 12.1 Å². The van der Waals surface area contributed by atoms with Crippen LogP contribution >= 0.6 is 0 Å². The number of rotatable bonds is 9. The fourth-order valence-corrected chi connectivity index (χ4v) is 2.89. The standard InChI is InChI=1S/C19H33N3O/c1-6-21(7-2)18(17-12-10-9-11-13-17)14-20-19(23)22(8-3)15-16(4)5/h9-13,16,18H,6-8,14-15H2,1-5H3,(H,20,23). The summed E-state index contributed by atoms with van der Waals surface area (Å²) >= 11 is 0. The zero-order valence-corrected chi connectivity index (χ0v) is 15.4. The van der Waals surface area contributed by atoms with E-state index in [4.69, 9.17) is 0 Å². The van der Waals surface area contributed by atoms with Gasteiger partial charge in [-0.3, -0.25) is 4.90 Å². The van der Waals surface area contributed by atoms with Crippen LogP contribution in [0.1, 0.15) is 46.2 Å². The summed E-state index contributed by atoms with van der Waals surface area (Å²) in [7, 11) is 0. The third-order valence-electron chi connectivity index (χ3n) is 4.14. The van der Waals surface area contributed by atoms with Gasteiger partial charge in [0.15, 0.2) is 0 Å². The van der Waals surface area contributed by atoms with Crippen molar-refractivity contribution in [2.75, 3.05) is 32.7 Å². The molecule has 1 N–H and O–H groups in total. The Kier molecular flexibility index (Phi) is 8.70. The van der Waals surface area contributed by atoms with E-state index in [9.17, 15) is 4.79 Å². The van der Waals surface area contributed by atoms with Crippen molar-refractivity contribution in [3.05, 3.63) is 35.9 Å². The first-order chi connectivity index (χ1) is 11.0. The van der Waals surface area contributed by atoms with Crippen LogP contribution in [-0.2, 0) is 0 Å². The Hall–Kier alpha value is -1.55. The molecule has 4 nitrogen and oxygen atoms in total. The number of hydrogen-bond donors (Lipinski definition) is 1. The summed E-state index contributed by atoms with van der Waals surface area (Å²) in [6.45, 7) is 14.7. The van der Waals surface area contributed by atoms with E-state index in [1.54, 1.807) is 0 Å². The fourth-order valence-electron chi connectivity index (χ4n) is 2.89. The monoisotopic (exact) mass is 319 g/mol. The van der Waals surface area contributed by atoms with E-state index in [1.807, 2.05) is 17.9 Å². The minimum absolute atomic E-state index is 0.0364. The van der Waals surface area contributed by atoms with Crippen LogP contribution in [0.5, 0.6) is 0 Å². The van der Waals surface area contributed by atoms with Crippen molar-refractivity contribution < 1.29 is 4.79 Å². The molecular formula is C19H33N3O. The quantitative estimate of drug-likeness (QED) is 0.752. The average Bonchev–Trinajstić information content (AvgIpc) is 2.56. The van der Waals surface area contributed by atoms with Crippen LogP contribution in [0.4, 0.5) is 4.79 Å². The average molecular weight is 319 g/mol. The number of nitrogens with zero attached hydrogens (tertiary/aromatic N) is 2. The first-order valence-corrected chi connectivity index (χ1v) is 8.85. The van der Waals surface area contributed by atoms with Crippen LogP contribution < -0.4 is 5.32 Å². The zero-order valence-electron chi connectivity index (χ0n) is 15.4. The van der Waals surface area contributed by atoms with Crippen molar-refractivity contribution in [2.24, 2.45) is 5.92 Å². The molecule has 2 amide bonds. The Labute approximate surface area is 141 Å². The van der Waals surface area contributed by atoms with Gasteiger partial charge in [0.05, 0.1) is 6.04 Å². The number of nitrogens with one attached hydrogen (secondary N) is 1. The summed E-state index contributed by atoms with van der Waals surface area (Å²) in [6, 6.07) is 10.7. The molecule has 0 radical (unpaired) electrons. The summed E-state index contributed by atoms with van der Waals surface area (Å²) in [4.78, 5) is 16.7. The van der Waals surface area contributed by atoms with E-state index < -0.39 is 0 Å². The van der Waals surface area contributed by atoms with Gasteiger partial charge in [0.1, 0.15) is 0 Å². The van der Waals surface area contributed by atoms with Crippen molar-refractivity contribution in [3.63, 3.8) is 0 Å². The molecule has 1 unspecified atom stereocenters. The smallest absolute Gasteiger partial charge is 0.317 e. The molecule has 0 aliphatic rings. The molecule has 0 saturated carbocycles. The van der Waals surface area contributed by atoms with Crippen molar-refractivity contribution in [3.8, 4) is 0 Å². The Bertz CT molecular complexity index is 443. The number of carbonyl (C=O) groups is 1. The molecule has 0 aliphatic heterocycles. The molecule has 0 aliphatic carbocycles. The molecule has 1 aromatic carbocycles. The highest BCUT2D eigenvalue weighted by molar-refractivity contribution is 5.74. The van der Waals surface area contributed by atoms with E-state index in [2.05, 4.69) is 62.2 Å². The Morgan fingerprint density at radius 3 is 2.13 bits per heavy atom. The van der Waals surface area contributed by atoms with Gasteiger partial charge in [-0.1, -0.05) is 58.0 Å². The first kappa shape index (κ1) is 19.5. The third-order valence-corrected chi connectivity index (χ3v) is 4.14. The predicted molar refractivity (Wildman–Crippen MR) is 97.6 cm³/mol. The molecule has 23 heavy (non-hydrogen) atoms. The van der Waals surface area contributed by atoms with Crippen molar-refractivity contribution >= 4 is 6.03 Å². The highest BCUT2D eigenvalue weighted by Crippen LogP contribution is 2.19. The van der Waals surface area contributed by atoms with Gasteiger partial charge < -0.3 is 10.2 Å². The molecule has 1 rings (SSSR count). The fraction of sp³-hybridized carbons (Fsp3) is 0.632. The maximum absolute atomic E-state index is 12.4. The molecule has 0 saturated heterocycles. The van der Waals surface area contributed by atoms with Crippen LogP contribution in [0.15, 0.2) is 30.3 Å². The second-order valence-corrected chi connectivity index (χ2v) is 6.27. The van der Waals surface area contributed by atoms with E-state index in [1.165, 1.54) is 5.56 Å². The van der Waals surface area contributed by atoms with Gasteiger partial charge in [0.2, 0.25) is 0 Å². The number of carbonyl (C=O) groups excluding carboxylic acids is 1. The topological polar surface area (TPSA) is 35.6 Å². The third kappa shape index (κ3) is 6.22. The molecule has 0 aromatic heterocycles. The van der Waals surface area contributed by atoms with Gasteiger partial charge >= 0.3 is 6.03 Å². The molecular weight excluding hydrogens is 286 g/mol. The Morgan fingerprint density at radius 2 is 1.65 bits per heavy atom. The molecule has 1 aromatic rings. The lowest BCUT2D eigenvalue weighted by molar-refractivity contribution is 0.180. The molecule has 0 bridgehead atoms. The number of hydrogen-bond acceptors (Lipinski definition) is 2. The van der Waals surface area contributed by atoms with Gasteiger partial charge in [-0.25, -0.2) is 4.79 Å². The number of benzene rings is 1. The van der Waals surface area contributed by atoms with Crippen molar-refractivity contribution in [2.45, 2.75) is 40.7 Å². The summed E-state index contributed by atoms with van der Waals surface area (Å²) in [5.41, 5.74) is 1.25. The highest BCUT2D eigenvalue weighted by atomic mass is 16.2. The first-order valence-electron chi connectivity index (χ1n) is 8.85. The molecule has 0 spiro atoms. The summed E-state index contributed by atoms with van der Waals surface area (Å²) in [6.07, 6.45) is 0. The van der Waals surface area contributed by atoms with Gasteiger partial charge in [-0.15, -0.1) is 0 Å². The maximum atomic E-state index is 12.4. The van der Waals surface area contributed by atoms with Crippen molar-refractivity contribution in [1.29, 1.82) is 0 Å². The lowest BCUT2D eigenvalue weighted by Gasteiger charge is -2.31. The molecule has 130 valence electrons. The van der Waals surface area contributed by atoms with E-state index in [0.717, 1.165) is 26.2 Å². The summed E-state index contributed by atoms with van der Waals surface area (Å²) < 4.78 is 0. The van der Waals surface area contributed by atoms with Gasteiger partial charge in [-0.2, -0.15) is 0 Å². The predicted octanol–water partition coefficient (Wildman–Crippen LogP) is 3.76. The minimum Gasteiger partial charge on any atom is -0.336 e. The summed E-state index contributed by atoms with van der Waals surface area (Å²) in [5, 5.41) is 3.13. The molecule has 0 fully saturated rings. The molecule has 4 heteroatoms. The molecule has 1 atom stereocenters. The highest BCUT2D eigenvalue weighted by Gasteiger charge is 2.20. The normalized spacial score (nSPS) is 12.5. The van der Waals surface area contributed by atoms with Crippen LogP contribution in [0.25, 0.3) is 0 Å². The van der Waals surface area contributed by atoms with Gasteiger partial charge in [-0.05, 0) is 31.5 Å². The Morgan fingerprint density at radius 1 is 1.04 bits per heavy atom. The Balaban J connectivity index is 2.76. The number of amides is 2. The van der Waals surface area contributed by atoms with E-state index >= 15 is 0 Å². The maximum Gasteiger partial charge on any atom is 0.317 e. The lowest BCUT2D eigenvalue weighted by Crippen LogP contribution is -2.45. The van der Waals surface area contributed by atoms with Crippen molar-refractivity contribution in [1.82, 2.24) is 15.1 Å². The van der Waals surface area contributed by atoms with Crippen LogP contribution in [0.3, 0.4) is 0 Å². The van der Waals surface area contributed by atoms with Gasteiger partial charge in [0.25, 0.3) is 0 Å². The summed E-state index contributed by atoms with van der Waals surface area (Å²) in [5.74, 6) is 0.480. The zero-order chi connectivity index (χ0) is 17.2. The van der Waals surface area contributed by atoms with Gasteiger partial charge in [0, 0.05) is 19.6 Å². The van der Waals surface area contributed by atoms with Crippen LogP contribution in [-0.4, -0.2) is 48.6 Å². The SMILES string of the molecule is CCN(CC(C)C)C(=O)NCC(c1ccccc1)N(CC)CC. The van der Waals surface area contributed by atoms with E-state index in [0.29, 0.717) is 12.5 Å².